The van der Waals surface area contributed by atoms with Crippen LogP contribution in [0.25, 0.3) is 0 Å². The molecule has 0 aliphatic rings. The number of rotatable bonds is 6. The molecular formula is C16H22ClNO3. The van der Waals surface area contributed by atoms with Gasteiger partial charge in [0.15, 0.2) is 0 Å². The Balaban J connectivity index is 2.73. The molecule has 1 aromatic carbocycles. The van der Waals surface area contributed by atoms with E-state index in [2.05, 4.69) is 5.32 Å². The van der Waals surface area contributed by atoms with Gasteiger partial charge in [0.05, 0.1) is 5.92 Å². The van der Waals surface area contributed by atoms with E-state index in [-0.39, 0.29) is 5.91 Å². The zero-order chi connectivity index (χ0) is 16.2. The van der Waals surface area contributed by atoms with E-state index in [1.165, 1.54) is 0 Å². The molecule has 116 valence electrons. The lowest BCUT2D eigenvalue weighted by atomic mass is 9.84. The van der Waals surface area contributed by atoms with Crippen LogP contribution in [-0.4, -0.2) is 23.0 Å². The van der Waals surface area contributed by atoms with Crippen molar-refractivity contribution in [3.05, 3.63) is 34.9 Å². The normalized spacial score (nSPS) is 14.3. The predicted molar refractivity (Wildman–Crippen MR) is 83.3 cm³/mol. The Morgan fingerprint density at radius 1 is 1.33 bits per heavy atom. The van der Waals surface area contributed by atoms with Gasteiger partial charge in [0, 0.05) is 16.5 Å². The number of hydrogen-bond acceptors (Lipinski definition) is 2. The summed E-state index contributed by atoms with van der Waals surface area (Å²) in [7, 11) is 0. The summed E-state index contributed by atoms with van der Waals surface area (Å²) < 4.78 is 0. The van der Waals surface area contributed by atoms with Crippen LogP contribution >= 0.6 is 11.6 Å². The summed E-state index contributed by atoms with van der Waals surface area (Å²) in [6.45, 7) is 6.95. The molecule has 5 heteroatoms. The number of amides is 1. The lowest BCUT2D eigenvalue weighted by molar-refractivity contribution is -0.142. The third kappa shape index (κ3) is 5.05. The van der Waals surface area contributed by atoms with Gasteiger partial charge in [-0.25, -0.2) is 0 Å². The van der Waals surface area contributed by atoms with Crippen LogP contribution in [0.1, 0.15) is 33.3 Å². The summed E-state index contributed by atoms with van der Waals surface area (Å²) in [6.07, 6.45) is 0.535. The van der Waals surface area contributed by atoms with Gasteiger partial charge in [-0.1, -0.05) is 37.6 Å². The zero-order valence-corrected chi connectivity index (χ0v) is 13.6. The number of halogens is 1. The quantitative estimate of drug-likeness (QED) is 0.848. The molecule has 0 fully saturated rings. The third-order valence-electron chi connectivity index (χ3n) is 3.65. The number of carboxylic acid groups (broad SMARTS) is 1. The first-order valence-corrected chi connectivity index (χ1v) is 7.29. The SMILES string of the molecule is CC(NC(=O)C(C)(C)Cc1cccc(Cl)c1)C(C)C(=O)O. The molecule has 0 radical (unpaired) electrons. The Morgan fingerprint density at radius 3 is 2.48 bits per heavy atom. The summed E-state index contributed by atoms with van der Waals surface area (Å²) >= 11 is 5.95. The van der Waals surface area contributed by atoms with Crippen LogP contribution < -0.4 is 5.32 Å². The molecule has 2 N–H and O–H groups in total. The number of carboxylic acids is 1. The summed E-state index contributed by atoms with van der Waals surface area (Å²) in [5, 5.41) is 12.4. The molecule has 0 aromatic heterocycles. The molecule has 0 heterocycles. The third-order valence-corrected chi connectivity index (χ3v) is 3.88. The molecule has 1 aromatic rings. The van der Waals surface area contributed by atoms with E-state index >= 15 is 0 Å². The van der Waals surface area contributed by atoms with Gasteiger partial charge in [-0.05, 0) is 38.0 Å². The van der Waals surface area contributed by atoms with Crippen molar-refractivity contribution < 1.29 is 14.7 Å². The smallest absolute Gasteiger partial charge is 0.308 e. The van der Waals surface area contributed by atoms with Crippen molar-refractivity contribution >= 4 is 23.5 Å². The van der Waals surface area contributed by atoms with Crippen molar-refractivity contribution in [3.8, 4) is 0 Å². The first kappa shape index (κ1) is 17.5. The largest absolute Gasteiger partial charge is 0.481 e. The lowest BCUT2D eigenvalue weighted by Gasteiger charge is -2.27. The maximum atomic E-state index is 12.4. The average molecular weight is 312 g/mol. The number of carbonyl (C=O) groups is 2. The van der Waals surface area contributed by atoms with Gasteiger partial charge < -0.3 is 10.4 Å². The van der Waals surface area contributed by atoms with Crippen molar-refractivity contribution in [1.29, 1.82) is 0 Å². The van der Waals surface area contributed by atoms with E-state index in [1.54, 1.807) is 19.9 Å². The van der Waals surface area contributed by atoms with E-state index in [0.717, 1.165) is 5.56 Å². The molecule has 0 aliphatic heterocycles. The minimum Gasteiger partial charge on any atom is -0.481 e. The summed E-state index contributed by atoms with van der Waals surface area (Å²) in [5.74, 6) is -1.71. The molecule has 0 saturated heterocycles. The van der Waals surface area contributed by atoms with Gasteiger partial charge in [0.1, 0.15) is 0 Å². The first-order chi connectivity index (χ1) is 9.63. The highest BCUT2D eigenvalue weighted by Crippen LogP contribution is 2.24. The molecule has 1 amide bonds. The molecule has 2 unspecified atom stereocenters. The van der Waals surface area contributed by atoms with Gasteiger partial charge in [-0.3, -0.25) is 9.59 Å². The number of nitrogens with one attached hydrogen (secondary N) is 1. The molecule has 0 saturated carbocycles. The van der Waals surface area contributed by atoms with Gasteiger partial charge in [0.2, 0.25) is 5.91 Å². The Hall–Kier alpha value is -1.55. The fraction of sp³-hybridized carbons (Fsp3) is 0.500. The van der Waals surface area contributed by atoms with Gasteiger partial charge >= 0.3 is 5.97 Å². The first-order valence-electron chi connectivity index (χ1n) is 6.91. The second-order valence-corrected chi connectivity index (χ2v) is 6.52. The highest BCUT2D eigenvalue weighted by Gasteiger charge is 2.31. The van der Waals surface area contributed by atoms with Gasteiger partial charge in [-0.15, -0.1) is 0 Å². The standard InChI is InChI=1S/C16H22ClNO3/c1-10(14(19)20)11(2)18-15(21)16(3,4)9-12-6-5-7-13(17)8-12/h5-8,10-11H,9H2,1-4H3,(H,18,21)(H,19,20). The van der Waals surface area contributed by atoms with Crippen LogP contribution in [0.15, 0.2) is 24.3 Å². The van der Waals surface area contributed by atoms with Crippen LogP contribution in [0.4, 0.5) is 0 Å². The van der Waals surface area contributed by atoms with Crippen molar-refractivity contribution in [2.24, 2.45) is 11.3 Å². The molecular weight excluding hydrogens is 290 g/mol. The molecule has 4 nitrogen and oxygen atoms in total. The summed E-state index contributed by atoms with van der Waals surface area (Å²) in [4.78, 5) is 23.3. The topological polar surface area (TPSA) is 66.4 Å². The average Bonchev–Trinajstić information content (AvgIpc) is 2.36. The van der Waals surface area contributed by atoms with Crippen molar-refractivity contribution in [1.82, 2.24) is 5.32 Å². The van der Waals surface area contributed by atoms with Gasteiger partial charge in [0.25, 0.3) is 0 Å². The second kappa shape index (κ2) is 6.94. The van der Waals surface area contributed by atoms with E-state index in [4.69, 9.17) is 16.7 Å². The molecule has 2 atom stereocenters. The Morgan fingerprint density at radius 2 is 1.95 bits per heavy atom. The monoisotopic (exact) mass is 311 g/mol. The van der Waals surface area contributed by atoms with Crippen LogP contribution in [-0.2, 0) is 16.0 Å². The lowest BCUT2D eigenvalue weighted by Crippen LogP contribution is -2.46. The number of benzene rings is 1. The summed E-state index contributed by atoms with van der Waals surface area (Å²) in [6, 6.07) is 6.97. The Labute approximate surface area is 130 Å². The fourth-order valence-corrected chi connectivity index (χ4v) is 2.19. The van der Waals surface area contributed by atoms with E-state index < -0.39 is 23.3 Å². The number of aliphatic carboxylic acids is 1. The molecule has 0 bridgehead atoms. The van der Waals surface area contributed by atoms with Gasteiger partial charge in [-0.2, -0.15) is 0 Å². The number of carbonyl (C=O) groups excluding carboxylic acids is 1. The highest BCUT2D eigenvalue weighted by molar-refractivity contribution is 6.30. The molecule has 0 spiro atoms. The molecule has 0 aliphatic carbocycles. The zero-order valence-electron chi connectivity index (χ0n) is 12.8. The fourth-order valence-electron chi connectivity index (χ4n) is 1.98. The Kier molecular flexibility index (Phi) is 5.78. The number of hydrogen-bond donors (Lipinski definition) is 2. The molecule has 1 rings (SSSR count). The van der Waals surface area contributed by atoms with Crippen molar-refractivity contribution in [3.63, 3.8) is 0 Å². The maximum absolute atomic E-state index is 12.4. The van der Waals surface area contributed by atoms with E-state index in [0.29, 0.717) is 11.4 Å². The molecule has 21 heavy (non-hydrogen) atoms. The van der Waals surface area contributed by atoms with E-state index in [1.807, 2.05) is 32.0 Å². The van der Waals surface area contributed by atoms with Crippen molar-refractivity contribution in [2.45, 2.75) is 40.2 Å². The van der Waals surface area contributed by atoms with Crippen molar-refractivity contribution in [2.75, 3.05) is 0 Å². The minimum absolute atomic E-state index is 0.164. The Bertz CT molecular complexity index is 528. The van der Waals surface area contributed by atoms with Crippen LogP contribution in [0, 0.1) is 11.3 Å². The van der Waals surface area contributed by atoms with Crippen LogP contribution in [0.2, 0.25) is 5.02 Å². The second-order valence-electron chi connectivity index (χ2n) is 6.08. The van der Waals surface area contributed by atoms with Crippen LogP contribution in [0.5, 0.6) is 0 Å². The highest BCUT2D eigenvalue weighted by atomic mass is 35.5. The minimum atomic E-state index is -0.921. The van der Waals surface area contributed by atoms with Crippen LogP contribution in [0.3, 0.4) is 0 Å². The predicted octanol–water partition coefficient (Wildman–Crippen LogP) is 3.13. The summed E-state index contributed by atoms with van der Waals surface area (Å²) in [5.41, 5.74) is 0.332. The maximum Gasteiger partial charge on any atom is 0.308 e. The van der Waals surface area contributed by atoms with E-state index in [9.17, 15) is 9.59 Å².